The third-order valence-electron chi connectivity index (χ3n) is 4.81. The van der Waals surface area contributed by atoms with Crippen LogP contribution in [0, 0.1) is 0 Å². The maximum absolute atomic E-state index is 12.1. The molecular formula is C22H26N4O3. The average Bonchev–Trinajstić information content (AvgIpc) is 3.04. The zero-order chi connectivity index (χ0) is 20.8. The fraction of sp³-hybridized carbons (Fsp3) is 0.318. The van der Waals surface area contributed by atoms with Crippen LogP contribution in [-0.4, -0.2) is 46.9 Å². The van der Waals surface area contributed by atoms with Crippen molar-refractivity contribution in [1.29, 1.82) is 0 Å². The van der Waals surface area contributed by atoms with Crippen LogP contribution in [0.3, 0.4) is 0 Å². The number of fused-ring (bicyclic) bond motifs is 1. The van der Waals surface area contributed by atoms with E-state index in [1.54, 1.807) is 30.8 Å². The maximum atomic E-state index is 12.1. The number of nitrogens with zero attached hydrogens (tertiary/aromatic N) is 2. The molecule has 3 aromatic rings. The fourth-order valence-corrected chi connectivity index (χ4v) is 3.21. The van der Waals surface area contributed by atoms with Crippen molar-refractivity contribution < 1.29 is 9.59 Å². The Labute approximate surface area is 169 Å². The highest BCUT2D eigenvalue weighted by Crippen LogP contribution is 2.10. The lowest BCUT2D eigenvalue weighted by Gasteiger charge is -2.10. The Morgan fingerprint density at radius 2 is 1.79 bits per heavy atom. The van der Waals surface area contributed by atoms with E-state index in [1.807, 2.05) is 36.4 Å². The van der Waals surface area contributed by atoms with Crippen molar-refractivity contribution in [2.45, 2.75) is 25.8 Å². The van der Waals surface area contributed by atoms with Gasteiger partial charge in [0.2, 0.25) is 5.91 Å². The summed E-state index contributed by atoms with van der Waals surface area (Å²) in [5, 5.41) is 2.90. The number of imidazole rings is 1. The van der Waals surface area contributed by atoms with Gasteiger partial charge in [-0.25, -0.2) is 4.79 Å². The van der Waals surface area contributed by atoms with Crippen LogP contribution in [0.25, 0.3) is 11.0 Å². The molecule has 1 aromatic heterocycles. The molecule has 0 unspecified atom stereocenters. The van der Waals surface area contributed by atoms with E-state index in [4.69, 9.17) is 0 Å². The van der Waals surface area contributed by atoms with Gasteiger partial charge in [-0.3, -0.25) is 14.2 Å². The van der Waals surface area contributed by atoms with E-state index in [1.165, 1.54) is 4.90 Å². The van der Waals surface area contributed by atoms with Gasteiger partial charge >= 0.3 is 5.69 Å². The van der Waals surface area contributed by atoms with Gasteiger partial charge in [-0.2, -0.15) is 0 Å². The number of carbonyl (C=O) groups excluding carboxylic acids is 2. The fourth-order valence-electron chi connectivity index (χ4n) is 3.21. The summed E-state index contributed by atoms with van der Waals surface area (Å²) in [6, 6.07) is 14.9. The normalized spacial score (nSPS) is 10.8. The zero-order valence-corrected chi connectivity index (χ0v) is 16.8. The number of benzene rings is 2. The highest BCUT2D eigenvalue weighted by atomic mass is 16.2. The van der Waals surface area contributed by atoms with Crippen molar-refractivity contribution in [2.75, 3.05) is 20.6 Å². The summed E-state index contributed by atoms with van der Waals surface area (Å²) in [5.74, 6) is -0.0617. The number of nitrogens with one attached hydrogen (secondary N) is 2. The van der Waals surface area contributed by atoms with Crippen LogP contribution in [0.2, 0.25) is 0 Å². The minimum atomic E-state index is -0.131. The summed E-state index contributed by atoms with van der Waals surface area (Å²) >= 11 is 0. The molecule has 7 heteroatoms. The van der Waals surface area contributed by atoms with Gasteiger partial charge in [0, 0.05) is 39.2 Å². The summed E-state index contributed by atoms with van der Waals surface area (Å²) in [6.07, 6.45) is 1.67. The van der Waals surface area contributed by atoms with Gasteiger partial charge in [0.1, 0.15) is 0 Å². The Bertz CT molecular complexity index is 1050. The molecule has 0 aliphatic rings. The van der Waals surface area contributed by atoms with Gasteiger partial charge < -0.3 is 15.2 Å². The van der Waals surface area contributed by atoms with Gasteiger partial charge in [-0.1, -0.05) is 24.3 Å². The highest BCUT2D eigenvalue weighted by Gasteiger charge is 2.09. The number of aryl methyl sites for hydroxylation is 2. The Hall–Kier alpha value is -3.35. The minimum absolute atomic E-state index is 0.0234. The predicted octanol–water partition coefficient (Wildman–Crippen LogP) is 2.17. The Balaban J connectivity index is 1.42. The molecule has 29 heavy (non-hydrogen) atoms. The van der Waals surface area contributed by atoms with Crippen LogP contribution >= 0.6 is 0 Å². The van der Waals surface area contributed by atoms with E-state index >= 15 is 0 Å². The summed E-state index contributed by atoms with van der Waals surface area (Å²) in [5.41, 5.74) is 3.21. The van der Waals surface area contributed by atoms with Gasteiger partial charge in [-0.15, -0.1) is 0 Å². The van der Waals surface area contributed by atoms with Crippen molar-refractivity contribution in [3.8, 4) is 0 Å². The molecule has 0 radical (unpaired) electrons. The molecule has 0 aliphatic carbocycles. The molecule has 3 rings (SSSR count). The molecule has 0 spiro atoms. The van der Waals surface area contributed by atoms with E-state index in [-0.39, 0.29) is 17.5 Å². The predicted molar refractivity (Wildman–Crippen MR) is 113 cm³/mol. The van der Waals surface area contributed by atoms with E-state index in [2.05, 4.69) is 10.3 Å². The van der Waals surface area contributed by atoms with Gasteiger partial charge in [0.25, 0.3) is 5.91 Å². The van der Waals surface area contributed by atoms with Crippen LogP contribution in [-0.2, 0) is 17.8 Å². The number of aromatic nitrogens is 2. The molecule has 7 nitrogen and oxygen atoms in total. The molecule has 0 bridgehead atoms. The van der Waals surface area contributed by atoms with Crippen molar-refractivity contribution in [1.82, 2.24) is 19.8 Å². The maximum Gasteiger partial charge on any atom is 0.326 e. The molecule has 0 saturated carbocycles. The Morgan fingerprint density at radius 3 is 2.52 bits per heavy atom. The zero-order valence-electron chi connectivity index (χ0n) is 16.8. The average molecular weight is 394 g/mol. The SMILES string of the molecule is CN(C)C(=O)c1ccc(CCC(=O)NCCCn2c(=O)[nH]c3ccccc32)cc1. The van der Waals surface area contributed by atoms with Gasteiger partial charge in [0.05, 0.1) is 11.0 Å². The second-order valence-corrected chi connectivity index (χ2v) is 7.20. The third-order valence-corrected chi connectivity index (χ3v) is 4.81. The monoisotopic (exact) mass is 394 g/mol. The van der Waals surface area contributed by atoms with Crippen LogP contribution in [0.15, 0.2) is 53.3 Å². The number of aromatic amines is 1. The lowest BCUT2D eigenvalue weighted by molar-refractivity contribution is -0.121. The van der Waals surface area contributed by atoms with Crippen molar-refractivity contribution in [3.63, 3.8) is 0 Å². The third kappa shape index (κ3) is 5.13. The van der Waals surface area contributed by atoms with Crippen LogP contribution in [0.5, 0.6) is 0 Å². The quantitative estimate of drug-likeness (QED) is 0.574. The molecule has 2 aromatic carbocycles. The second kappa shape index (κ2) is 9.23. The molecule has 0 fully saturated rings. The van der Waals surface area contributed by atoms with Crippen molar-refractivity contribution in [2.24, 2.45) is 0 Å². The second-order valence-electron chi connectivity index (χ2n) is 7.20. The van der Waals surface area contributed by atoms with Crippen LogP contribution in [0.4, 0.5) is 0 Å². The van der Waals surface area contributed by atoms with Crippen molar-refractivity contribution >= 4 is 22.8 Å². The smallest absolute Gasteiger partial charge is 0.326 e. The highest BCUT2D eigenvalue weighted by molar-refractivity contribution is 5.93. The van der Waals surface area contributed by atoms with E-state index in [0.29, 0.717) is 37.9 Å². The molecule has 0 saturated heterocycles. The number of rotatable bonds is 8. The summed E-state index contributed by atoms with van der Waals surface area (Å²) in [4.78, 5) is 40.3. The van der Waals surface area contributed by atoms with Crippen molar-refractivity contribution in [3.05, 3.63) is 70.1 Å². The summed E-state index contributed by atoms with van der Waals surface area (Å²) < 4.78 is 1.69. The van der Waals surface area contributed by atoms with E-state index < -0.39 is 0 Å². The lowest BCUT2D eigenvalue weighted by Crippen LogP contribution is -2.26. The largest absolute Gasteiger partial charge is 0.356 e. The summed E-state index contributed by atoms with van der Waals surface area (Å²) in [6.45, 7) is 1.06. The Morgan fingerprint density at radius 1 is 1.07 bits per heavy atom. The molecule has 0 atom stereocenters. The first-order valence-electron chi connectivity index (χ1n) is 9.70. The number of amides is 2. The molecule has 152 valence electrons. The van der Waals surface area contributed by atoms with E-state index in [9.17, 15) is 14.4 Å². The minimum Gasteiger partial charge on any atom is -0.356 e. The number of hydrogen-bond acceptors (Lipinski definition) is 3. The molecule has 0 aliphatic heterocycles. The molecule has 2 amide bonds. The Kier molecular flexibility index (Phi) is 6.49. The van der Waals surface area contributed by atoms with E-state index in [0.717, 1.165) is 16.6 Å². The number of H-pyrrole nitrogens is 1. The first-order valence-corrected chi connectivity index (χ1v) is 9.70. The first-order chi connectivity index (χ1) is 14.0. The standard InChI is InChI=1S/C22H26N4O3/c1-25(2)21(28)17-11-8-16(9-12-17)10-13-20(27)23-14-5-15-26-19-7-4-3-6-18(19)24-22(26)29/h3-4,6-9,11-12H,5,10,13-15H2,1-2H3,(H,23,27)(H,24,29). The topological polar surface area (TPSA) is 87.2 Å². The molecule has 1 heterocycles. The molecule has 2 N–H and O–H groups in total. The number of para-hydroxylation sites is 2. The number of hydrogen-bond donors (Lipinski definition) is 2. The number of carbonyl (C=O) groups is 2. The van der Waals surface area contributed by atoms with Crippen LogP contribution < -0.4 is 11.0 Å². The van der Waals surface area contributed by atoms with Gasteiger partial charge in [-0.05, 0) is 42.7 Å². The van der Waals surface area contributed by atoms with Crippen LogP contribution in [0.1, 0.15) is 28.8 Å². The summed E-state index contributed by atoms with van der Waals surface area (Å²) in [7, 11) is 3.44. The molecular weight excluding hydrogens is 368 g/mol. The van der Waals surface area contributed by atoms with Gasteiger partial charge in [0.15, 0.2) is 0 Å². The lowest BCUT2D eigenvalue weighted by atomic mass is 10.1. The first kappa shape index (κ1) is 20.4.